The molecule has 0 bridgehead atoms. The van der Waals surface area contributed by atoms with E-state index in [0.29, 0.717) is 12.8 Å². The van der Waals surface area contributed by atoms with Gasteiger partial charge in [-0.1, -0.05) is 231 Å². The van der Waals surface area contributed by atoms with Gasteiger partial charge in [0.05, 0.1) is 65.0 Å². The molecule has 0 saturated carbocycles. The second-order valence-electron chi connectivity index (χ2n) is 37.1. The number of nitrogens with one attached hydrogen (secondary N) is 4. The lowest BCUT2D eigenvalue weighted by atomic mass is 9.93. The Morgan fingerprint density at radius 3 is 0.985 bits per heavy atom. The molecule has 7 aliphatic rings. The topological polar surface area (TPSA) is 650 Å². The van der Waals surface area contributed by atoms with Gasteiger partial charge < -0.3 is 190 Å². The second-order valence-corrected chi connectivity index (χ2v) is 37.1. The molecule has 0 aromatic heterocycles. The first-order valence-electron chi connectivity index (χ1n) is 49.5. The molecule has 7 rings (SSSR count). The number of aliphatic hydroxyl groups excluding tert-OH is 20. The fourth-order valence-corrected chi connectivity index (χ4v) is 18.3. The number of ether oxygens (including phenoxy) is 14. The largest absolute Gasteiger partial charge is 0.394 e. The van der Waals surface area contributed by atoms with Crippen molar-refractivity contribution in [2.75, 3.05) is 52.9 Å². The fourth-order valence-electron chi connectivity index (χ4n) is 18.3. The Balaban J connectivity index is 1.01. The summed E-state index contributed by atoms with van der Waals surface area (Å²) in [4.78, 5) is 52.3. The Labute approximate surface area is 787 Å². The number of amides is 4. The summed E-state index contributed by atoms with van der Waals surface area (Å²) in [5.41, 5.74) is 0. The van der Waals surface area contributed by atoms with E-state index < -0.39 is 297 Å². The molecule has 7 saturated heterocycles. The first-order valence-corrected chi connectivity index (χ1v) is 49.5. The zero-order valence-corrected chi connectivity index (χ0v) is 78.9. The quantitative estimate of drug-likeness (QED) is 0.0248. The summed E-state index contributed by atoms with van der Waals surface area (Å²) < 4.78 is 83.9. The van der Waals surface area contributed by atoms with Crippen LogP contribution in [0.15, 0.2) is 12.2 Å². The van der Waals surface area contributed by atoms with Crippen LogP contribution < -0.4 is 21.3 Å². The summed E-state index contributed by atoms with van der Waals surface area (Å²) >= 11 is 0. The van der Waals surface area contributed by atoms with Gasteiger partial charge in [-0.2, -0.15) is 0 Å². The molecule has 0 radical (unpaired) electrons. The standard InChI is InChI=1S/C92H166N4O38/c1-6-8-10-12-14-16-18-20-21-22-23-24-25-26-27-28-29-31-33-35-37-39-41-43-64(107)96-55(56(106)42-40-38-36-34-32-30-19-17-15-13-11-9-7-2)50-121-89-78(118)76(116)83(62(49-102)128-89)132-91-79(119)84(70(110)59(46-99)125-91)133-87-67(95-54(5)105)74(114)82(61(48-101)127-87)131-92-80(120)85(71(111)63(129-92)51-122-86-65(93-52(3)103)72(112)68(108)57(44-97)123-86)134-88-66(94-53(4)104)73(113)81(60(47-100)126-88)130-90-77(117)75(115)69(109)58(45-98)124-90/h40,42,55-63,65-92,97-102,106,108-120H,6-39,41,43-51H2,1-5H3,(H,93,103)(H,94,104)(H,95,105)(H,96,107)/b42-40+/t55-,56+,57?,58?,59?,60?,61?,62?,63?,65?,66?,67?,68+,69-,70-,71-,72+,73+,74+,75-,76+,77?,78?,79?,80?,81+,82+,83+,84-,85-,86+,87-,88-,89+,90-,91-,92-/m0/s1. The predicted molar refractivity (Wildman–Crippen MR) is 475 cm³/mol. The SMILES string of the molecule is CCCCCCCCCCCCC/C=C/[C@@H](O)[C@H](CO[C@@H]1OC(CO)[C@@H](O[C@@H]2OC(CO)[C@H](O)[C@H](O[C@@H]3OC(CO)[C@@H](O[C@@H]4OC(CO[C@@H]5OC(CO)[C@@H](O)[C@H](O)C5NC(C)=O)[C@H](O)[C@H](O[C@@H]5OC(CO)[C@@H](O[C@@H]6OC(CO)[C@H](O)[C@H](O)C6O)[C@H](O)C5NC(C)=O)C4O)[C@H](O)C3NC(C)=O)C2O)[C@H](O)C1O)NC(=O)CCCCCCCCCCCCCCCCCCCCCCCCC. The monoisotopic (exact) mass is 1940 g/mol. The maximum Gasteiger partial charge on any atom is 0.220 e. The van der Waals surface area contributed by atoms with Crippen LogP contribution in [-0.2, 0) is 85.5 Å². The highest BCUT2D eigenvalue weighted by Gasteiger charge is 2.60. The lowest BCUT2D eigenvalue weighted by Crippen LogP contribution is -2.71. The summed E-state index contributed by atoms with van der Waals surface area (Å²) in [6, 6.07) is -6.53. The van der Waals surface area contributed by atoms with Crippen molar-refractivity contribution >= 4 is 23.6 Å². The third-order valence-corrected chi connectivity index (χ3v) is 26.2. The minimum absolute atomic E-state index is 0.156. The molecule has 4 amide bonds. The third kappa shape index (κ3) is 36.6. The van der Waals surface area contributed by atoms with Crippen LogP contribution in [0.4, 0.5) is 0 Å². The van der Waals surface area contributed by atoms with Gasteiger partial charge >= 0.3 is 0 Å². The van der Waals surface area contributed by atoms with Crippen molar-refractivity contribution in [3.05, 3.63) is 12.2 Å². The highest BCUT2D eigenvalue weighted by molar-refractivity contribution is 5.76. The Morgan fingerprint density at radius 2 is 0.597 bits per heavy atom. The highest BCUT2D eigenvalue weighted by Crippen LogP contribution is 2.39. The Bertz CT molecular complexity index is 3210. The van der Waals surface area contributed by atoms with Gasteiger partial charge in [0.25, 0.3) is 0 Å². The summed E-state index contributed by atoms with van der Waals surface area (Å²) in [6.45, 7) is -0.0814. The van der Waals surface area contributed by atoms with Gasteiger partial charge in [0.2, 0.25) is 23.6 Å². The number of unbranched alkanes of at least 4 members (excludes halogenated alkanes) is 33. The molecule has 782 valence electrons. The first-order chi connectivity index (χ1) is 64.4. The molecular weight excluding hydrogens is 1770 g/mol. The van der Waals surface area contributed by atoms with Gasteiger partial charge in [-0.05, 0) is 19.3 Å². The fraction of sp³-hybridized carbons (Fsp3) is 0.935. The van der Waals surface area contributed by atoms with Crippen molar-refractivity contribution in [1.29, 1.82) is 0 Å². The van der Waals surface area contributed by atoms with Crippen LogP contribution in [0.2, 0.25) is 0 Å². The molecule has 0 spiro atoms. The zero-order valence-electron chi connectivity index (χ0n) is 78.9. The van der Waals surface area contributed by atoms with E-state index in [1.165, 1.54) is 161 Å². The Hall–Kier alpha value is -3.74. The zero-order chi connectivity index (χ0) is 97.9. The van der Waals surface area contributed by atoms with Crippen LogP contribution in [0.25, 0.3) is 0 Å². The van der Waals surface area contributed by atoms with E-state index in [2.05, 4.69) is 35.1 Å². The lowest BCUT2D eigenvalue weighted by Gasteiger charge is -2.51. The van der Waals surface area contributed by atoms with Gasteiger partial charge in [-0.3, -0.25) is 19.2 Å². The lowest BCUT2D eigenvalue weighted by molar-refractivity contribution is -0.389. The number of allylic oxidation sites excluding steroid dienone is 1. The third-order valence-electron chi connectivity index (χ3n) is 26.2. The number of carbonyl (C=O) groups excluding carboxylic acids is 4. The second kappa shape index (κ2) is 63.3. The number of hydrogen-bond acceptors (Lipinski definition) is 38. The van der Waals surface area contributed by atoms with Crippen LogP contribution in [0.1, 0.15) is 266 Å². The predicted octanol–water partition coefficient (Wildman–Crippen LogP) is -1.34. The Morgan fingerprint density at radius 1 is 0.299 bits per heavy atom. The Kier molecular flexibility index (Phi) is 55.4. The minimum atomic E-state index is -2.40. The van der Waals surface area contributed by atoms with Crippen molar-refractivity contribution in [3.8, 4) is 0 Å². The number of aliphatic hydroxyl groups is 20. The molecule has 24 N–H and O–H groups in total. The van der Waals surface area contributed by atoms with Crippen LogP contribution in [0.3, 0.4) is 0 Å². The van der Waals surface area contributed by atoms with Gasteiger partial charge in [-0.25, -0.2) is 0 Å². The van der Waals surface area contributed by atoms with E-state index in [1.54, 1.807) is 6.08 Å². The summed E-state index contributed by atoms with van der Waals surface area (Å²) in [6.07, 6.45) is -19.5. The van der Waals surface area contributed by atoms with E-state index in [9.17, 15) is 121 Å². The molecule has 0 aromatic carbocycles. The molecule has 42 heteroatoms. The van der Waals surface area contributed by atoms with Crippen LogP contribution in [-0.4, -0.2) is 406 Å². The molecule has 134 heavy (non-hydrogen) atoms. The van der Waals surface area contributed by atoms with Crippen LogP contribution in [0, 0.1) is 0 Å². The van der Waals surface area contributed by atoms with Gasteiger partial charge in [0.1, 0.15) is 171 Å². The average molecular weight is 1940 g/mol. The molecular formula is C92H166N4O38. The smallest absolute Gasteiger partial charge is 0.220 e. The molecule has 14 unspecified atom stereocenters. The number of carbonyl (C=O) groups is 4. The van der Waals surface area contributed by atoms with Crippen molar-refractivity contribution in [2.45, 2.75) is 493 Å². The van der Waals surface area contributed by atoms with E-state index in [0.717, 1.165) is 72.1 Å². The molecule has 0 aromatic rings. The number of hydrogen-bond donors (Lipinski definition) is 24. The molecule has 42 nitrogen and oxygen atoms in total. The van der Waals surface area contributed by atoms with Crippen molar-refractivity contribution < 1.29 is 188 Å². The van der Waals surface area contributed by atoms with E-state index >= 15 is 0 Å². The van der Waals surface area contributed by atoms with E-state index in [1.807, 2.05) is 6.08 Å². The summed E-state index contributed by atoms with van der Waals surface area (Å²) in [5.74, 6) is -2.96. The van der Waals surface area contributed by atoms with E-state index in [-0.39, 0.29) is 12.3 Å². The normalized spacial score (nSPS) is 36.5. The average Bonchev–Trinajstić information content (AvgIpc) is 0.769. The maximum absolute atomic E-state index is 13.7. The number of rotatable bonds is 64. The summed E-state index contributed by atoms with van der Waals surface area (Å²) in [5, 5.41) is 236. The minimum Gasteiger partial charge on any atom is -0.394 e. The maximum atomic E-state index is 13.7. The molecule has 37 atom stereocenters. The molecule has 7 fully saturated rings. The highest BCUT2D eigenvalue weighted by atomic mass is 16.8. The summed E-state index contributed by atoms with van der Waals surface area (Å²) in [7, 11) is 0. The van der Waals surface area contributed by atoms with Gasteiger partial charge in [0.15, 0.2) is 44.0 Å². The van der Waals surface area contributed by atoms with Crippen LogP contribution in [0.5, 0.6) is 0 Å². The molecule has 7 heterocycles. The van der Waals surface area contributed by atoms with Crippen molar-refractivity contribution in [2.24, 2.45) is 0 Å². The van der Waals surface area contributed by atoms with Gasteiger partial charge in [0, 0.05) is 27.2 Å². The van der Waals surface area contributed by atoms with Gasteiger partial charge in [-0.15, -0.1) is 0 Å². The first kappa shape index (κ1) is 117. The van der Waals surface area contributed by atoms with E-state index in [4.69, 9.17) is 66.3 Å². The van der Waals surface area contributed by atoms with Crippen molar-refractivity contribution in [3.63, 3.8) is 0 Å². The van der Waals surface area contributed by atoms with Crippen LogP contribution >= 0.6 is 0 Å². The molecule has 0 aliphatic carbocycles. The molecule has 7 aliphatic heterocycles. The van der Waals surface area contributed by atoms with Crippen molar-refractivity contribution in [1.82, 2.24) is 21.3 Å².